The Hall–Kier alpha value is -13.7. The topological polar surface area (TPSA) is 98.1 Å². The van der Waals surface area contributed by atoms with Gasteiger partial charge in [0.25, 0.3) is 0 Å². The normalized spacial score (nSPS) is 17.6. The Labute approximate surface area is 695 Å². The van der Waals surface area contributed by atoms with Gasteiger partial charge in [-0.05, 0) is 178 Å². The second kappa shape index (κ2) is 31.1. The minimum Gasteiger partial charge on any atom is -0.454 e. The molecule has 0 unspecified atom stereocenters. The summed E-state index contributed by atoms with van der Waals surface area (Å²) in [6.45, 7) is 30.6. The third kappa shape index (κ3) is 13.4. The van der Waals surface area contributed by atoms with Crippen LogP contribution in [0.25, 0.3) is 110 Å². The molecule has 0 amide bonds. The van der Waals surface area contributed by atoms with E-state index in [-0.39, 0.29) is 18.5 Å². The van der Waals surface area contributed by atoms with Crippen molar-refractivity contribution in [3.8, 4) is 0 Å². The molecular weight excluding hydrogens is 1470 g/mol. The molecule has 12 aromatic carbocycles. The number of furan rings is 5. The molecule has 0 bridgehead atoms. The molecule has 5 atom stereocenters. The van der Waals surface area contributed by atoms with E-state index in [1.54, 1.807) is 0 Å². The highest BCUT2D eigenvalue weighted by atomic mass is 16.3. The lowest BCUT2D eigenvalue weighted by Crippen LogP contribution is -2.39. The number of aryl methyl sites for hydroxylation is 7. The standard InChI is InChI=1S/C25H24N2O.C23H20N2O.C20H22N2O.2C18H18N2O/c1-16-8-7-9-17(2)23(16)26-14-15-27(19(26)4)24-18(3)12-13-21-20-10-5-6-11-22(20)28-25(21)24;1-16-12-13-20-19-10-6-7-11-21(19)26-23(20)22(16)25-15-14-24(17(25)2)18-8-4-3-5-9-18;1-13(2)21-11-12-22(15(21)4)19-14(3)9-10-17-16-7-5-6-8-18(16)23-20(17)19;2*1-12-8-9-15-14-6-4-5-7-16(14)21-18(15)17(12)20-11-10-19(3)13(20)2/h5-15,19H,1-4H3;3-15,17H,1-2H3;5-13,15H,1-4H3;2*4-11,13H,1-3H3/t19-;17-;15-;2*13-/m11111/s1. The zero-order chi connectivity index (χ0) is 82.3. The molecule has 119 heavy (non-hydrogen) atoms. The maximum Gasteiger partial charge on any atom is 0.159 e. The maximum absolute atomic E-state index is 6.32. The fourth-order valence-corrected chi connectivity index (χ4v) is 18.1. The number of para-hydroxylation sites is 7. The molecule has 0 fully saturated rings. The summed E-state index contributed by atoms with van der Waals surface area (Å²) in [6, 6.07) is 80.4. The fraction of sp³-hybridized carbons (Fsp3) is 0.212. The molecule has 5 aliphatic rings. The van der Waals surface area contributed by atoms with Crippen molar-refractivity contribution in [2.24, 2.45) is 0 Å². The highest BCUT2D eigenvalue weighted by Gasteiger charge is 2.34. The molecule has 5 aromatic heterocycles. The molecule has 0 radical (unpaired) electrons. The van der Waals surface area contributed by atoms with E-state index in [0.29, 0.717) is 18.4 Å². The van der Waals surface area contributed by atoms with E-state index < -0.39 is 0 Å². The van der Waals surface area contributed by atoms with Crippen LogP contribution >= 0.6 is 0 Å². The third-order valence-electron chi connectivity index (χ3n) is 24.8. The highest BCUT2D eigenvalue weighted by molar-refractivity contribution is 6.14. The van der Waals surface area contributed by atoms with E-state index >= 15 is 0 Å². The summed E-state index contributed by atoms with van der Waals surface area (Å²) < 4.78 is 31.2. The molecule has 15 heteroatoms. The van der Waals surface area contributed by atoms with Gasteiger partial charge in [-0.2, -0.15) is 0 Å². The number of benzene rings is 12. The van der Waals surface area contributed by atoms with Crippen molar-refractivity contribution in [2.45, 2.75) is 134 Å². The molecular formula is C104H102N10O5. The van der Waals surface area contributed by atoms with Gasteiger partial charge < -0.3 is 71.1 Å². The summed E-state index contributed by atoms with van der Waals surface area (Å²) in [4.78, 5) is 22.9. The van der Waals surface area contributed by atoms with Gasteiger partial charge in [0, 0.05) is 147 Å². The van der Waals surface area contributed by atoms with Crippen molar-refractivity contribution in [3.05, 3.63) is 331 Å². The van der Waals surface area contributed by atoms with E-state index in [2.05, 4.69) is 386 Å². The number of nitrogens with zero attached hydrogens (tertiary/aromatic N) is 10. The maximum atomic E-state index is 6.32. The first kappa shape index (κ1) is 76.6. The van der Waals surface area contributed by atoms with Crippen molar-refractivity contribution in [3.63, 3.8) is 0 Å². The average Bonchev–Trinajstić information content (AvgIpc) is 1.62. The van der Waals surface area contributed by atoms with Crippen LogP contribution in [0.15, 0.2) is 315 Å². The van der Waals surface area contributed by atoms with Crippen LogP contribution < -0.4 is 34.3 Å². The second-order valence-corrected chi connectivity index (χ2v) is 32.5. The van der Waals surface area contributed by atoms with Gasteiger partial charge in [-0.25, -0.2) is 0 Å². The number of hydrogen-bond donors (Lipinski definition) is 0. The summed E-state index contributed by atoms with van der Waals surface area (Å²) in [5.74, 6) is 0. The summed E-state index contributed by atoms with van der Waals surface area (Å²) >= 11 is 0. The number of rotatable bonds is 8. The molecule has 15 nitrogen and oxygen atoms in total. The minimum atomic E-state index is 0.164. The zero-order valence-corrected chi connectivity index (χ0v) is 70.7. The van der Waals surface area contributed by atoms with Crippen molar-refractivity contribution in [1.82, 2.24) is 14.7 Å². The van der Waals surface area contributed by atoms with Crippen LogP contribution in [0, 0.1) is 48.5 Å². The molecule has 10 heterocycles. The SMILES string of the molecule is Cc1ccc2c(oc3ccccc32)c1N1C=CN(C(C)C)[C@H]1C.Cc1ccc2c(oc3ccccc32)c1N1C=CN(C)[C@H]1C.Cc1ccc2c(oc3ccccc32)c1N1C=CN(C)[C@H]1C.Cc1ccc2c(oc3ccccc32)c1N1C=CN(c2ccccc2)[C@H]1C.Cc1cccc(C)c1N1C=CN(c2c(C)ccc3c2oc2ccccc23)[C@@H]1C. The van der Waals surface area contributed by atoms with Gasteiger partial charge >= 0.3 is 0 Å². The largest absolute Gasteiger partial charge is 0.454 e. The quantitative estimate of drug-likeness (QED) is 0.144. The monoisotopic (exact) mass is 1570 g/mol. The Balaban J connectivity index is 0.000000103. The fourth-order valence-electron chi connectivity index (χ4n) is 18.1. The Kier molecular flexibility index (Phi) is 20.0. The van der Waals surface area contributed by atoms with E-state index in [1.807, 2.05) is 66.7 Å². The second-order valence-electron chi connectivity index (χ2n) is 32.5. The van der Waals surface area contributed by atoms with Gasteiger partial charge in [0.15, 0.2) is 27.9 Å². The first-order valence-corrected chi connectivity index (χ1v) is 41.5. The molecule has 0 aliphatic carbocycles. The van der Waals surface area contributed by atoms with E-state index in [0.717, 1.165) is 78.6 Å². The van der Waals surface area contributed by atoms with Crippen molar-refractivity contribution in [1.29, 1.82) is 0 Å². The predicted octanol–water partition coefficient (Wildman–Crippen LogP) is 26.9. The lowest BCUT2D eigenvalue weighted by molar-refractivity contribution is 0.263. The van der Waals surface area contributed by atoms with Gasteiger partial charge in [0.2, 0.25) is 0 Å². The molecule has 0 saturated carbocycles. The van der Waals surface area contributed by atoms with Crippen molar-refractivity contribution in [2.75, 3.05) is 48.4 Å². The van der Waals surface area contributed by atoms with Crippen LogP contribution in [0.4, 0.5) is 39.8 Å². The number of anilines is 7. The van der Waals surface area contributed by atoms with Crippen LogP contribution in [0.5, 0.6) is 0 Å². The molecule has 0 N–H and O–H groups in total. The van der Waals surface area contributed by atoms with Gasteiger partial charge in [-0.3, -0.25) is 0 Å². The van der Waals surface area contributed by atoms with Gasteiger partial charge in [0.1, 0.15) is 58.7 Å². The van der Waals surface area contributed by atoms with E-state index in [4.69, 9.17) is 22.1 Å². The lowest BCUT2D eigenvalue weighted by atomic mass is 10.1. The Bertz CT molecular complexity index is 6730. The van der Waals surface area contributed by atoms with E-state index in [1.165, 1.54) is 110 Å². The Morgan fingerprint density at radius 1 is 0.218 bits per heavy atom. The molecule has 17 aromatic rings. The van der Waals surface area contributed by atoms with Crippen LogP contribution in [0.1, 0.15) is 87.4 Å². The Morgan fingerprint density at radius 3 is 0.756 bits per heavy atom. The van der Waals surface area contributed by atoms with Crippen LogP contribution in [-0.2, 0) is 0 Å². The first-order chi connectivity index (χ1) is 57.7. The molecule has 5 aliphatic heterocycles. The zero-order valence-electron chi connectivity index (χ0n) is 70.7. The minimum absolute atomic E-state index is 0.164. The number of fused-ring (bicyclic) bond motifs is 15. The van der Waals surface area contributed by atoms with Gasteiger partial charge in [-0.15, -0.1) is 0 Å². The summed E-state index contributed by atoms with van der Waals surface area (Å²) in [7, 11) is 4.19. The molecule has 0 spiro atoms. The average molecular weight is 1570 g/mol. The number of hydrogen-bond acceptors (Lipinski definition) is 15. The molecule has 0 saturated heterocycles. The van der Waals surface area contributed by atoms with Crippen molar-refractivity contribution >= 4 is 150 Å². The van der Waals surface area contributed by atoms with E-state index in [9.17, 15) is 0 Å². The van der Waals surface area contributed by atoms with Gasteiger partial charge in [-0.1, -0.05) is 188 Å². The van der Waals surface area contributed by atoms with Crippen LogP contribution in [0.2, 0.25) is 0 Å². The molecule has 22 rings (SSSR count). The van der Waals surface area contributed by atoms with Crippen LogP contribution in [-0.4, -0.2) is 65.7 Å². The Morgan fingerprint density at radius 2 is 0.462 bits per heavy atom. The smallest absolute Gasteiger partial charge is 0.159 e. The van der Waals surface area contributed by atoms with Crippen LogP contribution in [0.3, 0.4) is 0 Å². The lowest BCUT2D eigenvalue weighted by Gasteiger charge is -2.33. The third-order valence-corrected chi connectivity index (χ3v) is 24.8. The summed E-state index contributed by atoms with van der Waals surface area (Å²) in [5.41, 5.74) is 26.5. The highest BCUT2D eigenvalue weighted by Crippen LogP contribution is 2.47. The molecule has 598 valence electrons. The van der Waals surface area contributed by atoms with Gasteiger partial charge in [0.05, 0.1) is 28.4 Å². The predicted molar refractivity (Wildman–Crippen MR) is 498 cm³/mol. The van der Waals surface area contributed by atoms with Crippen molar-refractivity contribution < 1.29 is 22.1 Å². The summed E-state index contributed by atoms with van der Waals surface area (Å²) in [5, 5.41) is 11.8. The first-order valence-electron chi connectivity index (χ1n) is 41.5. The summed E-state index contributed by atoms with van der Waals surface area (Å²) in [6.07, 6.45) is 22.6.